The maximum Gasteiger partial charge on any atom is 0.327 e. The fraction of sp³-hybridized carbons (Fsp3) is 0.474. The van der Waals surface area contributed by atoms with Gasteiger partial charge in [0.25, 0.3) is 5.91 Å². The monoisotopic (exact) mass is 389 g/mol. The zero-order valence-electron chi connectivity index (χ0n) is 15.9. The van der Waals surface area contributed by atoms with Gasteiger partial charge in [-0.15, -0.1) is 0 Å². The van der Waals surface area contributed by atoms with Gasteiger partial charge in [-0.2, -0.15) is 0 Å². The Kier molecular flexibility index (Phi) is 5.81. The average Bonchev–Trinajstić information content (AvgIpc) is 3.26. The molecule has 0 aliphatic carbocycles. The Morgan fingerprint density at radius 2 is 2.00 bits per heavy atom. The minimum atomic E-state index is -0.470. The number of anilines is 1. The maximum atomic E-state index is 12.5. The van der Waals surface area contributed by atoms with Gasteiger partial charge >= 0.3 is 12.0 Å². The first-order chi connectivity index (χ1) is 13.4. The second-order valence-corrected chi connectivity index (χ2v) is 6.72. The number of imide groups is 1. The Bertz CT molecular complexity index is 787. The van der Waals surface area contributed by atoms with E-state index in [1.165, 1.54) is 19.1 Å². The number of urea groups is 1. The first kappa shape index (κ1) is 19.7. The average molecular weight is 389 g/mol. The lowest BCUT2D eigenvalue weighted by Gasteiger charge is -2.17. The topological polar surface area (TPSA) is 105 Å². The van der Waals surface area contributed by atoms with Crippen molar-refractivity contribution in [2.75, 3.05) is 26.1 Å². The van der Waals surface area contributed by atoms with Crippen LogP contribution in [-0.4, -0.2) is 60.4 Å². The summed E-state index contributed by atoms with van der Waals surface area (Å²) in [5.74, 6) is -0.575. The molecule has 4 amide bonds. The SMILES string of the molecule is COC(=O)CCC(=O)Nc1cc(CN2C(=O)C3CCCN3C2=O)ccc1OC. The van der Waals surface area contributed by atoms with E-state index in [9.17, 15) is 19.2 Å². The van der Waals surface area contributed by atoms with Crippen LogP contribution in [0.1, 0.15) is 31.2 Å². The summed E-state index contributed by atoms with van der Waals surface area (Å²) in [6.07, 6.45) is 1.49. The summed E-state index contributed by atoms with van der Waals surface area (Å²) >= 11 is 0. The fourth-order valence-electron chi connectivity index (χ4n) is 3.49. The third kappa shape index (κ3) is 3.92. The molecule has 2 fully saturated rings. The van der Waals surface area contributed by atoms with Crippen LogP contribution >= 0.6 is 0 Å². The van der Waals surface area contributed by atoms with Crippen LogP contribution in [0.2, 0.25) is 0 Å². The second-order valence-electron chi connectivity index (χ2n) is 6.72. The predicted molar refractivity (Wildman–Crippen MR) is 98.5 cm³/mol. The number of nitrogens with zero attached hydrogens (tertiary/aromatic N) is 2. The van der Waals surface area contributed by atoms with E-state index in [1.54, 1.807) is 23.1 Å². The summed E-state index contributed by atoms with van der Waals surface area (Å²) in [5.41, 5.74) is 1.10. The van der Waals surface area contributed by atoms with Crippen molar-refractivity contribution in [1.82, 2.24) is 9.80 Å². The molecule has 1 N–H and O–H groups in total. The van der Waals surface area contributed by atoms with Crippen molar-refractivity contribution in [3.63, 3.8) is 0 Å². The summed E-state index contributed by atoms with van der Waals surface area (Å²) in [4.78, 5) is 51.1. The Labute approximate surface area is 162 Å². The number of nitrogens with one attached hydrogen (secondary N) is 1. The van der Waals surface area contributed by atoms with Crippen LogP contribution in [0.15, 0.2) is 18.2 Å². The van der Waals surface area contributed by atoms with E-state index in [-0.39, 0.29) is 43.3 Å². The second kappa shape index (κ2) is 8.28. The van der Waals surface area contributed by atoms with Crippen LogP contribution in [0.3, 0.4) is 0 Å². The number of methoxy groups -OCH3 is 2. The Morgan fingerprint density at radius 3 is 2.68 bits per heavy atom. The maximum absolute atomic E-state index is 12.5. The quantitative estimate of drug-likeness (QED) is 0.560. The summed E-state index contributed by atoms with van der Waals surface area (Å²) in [6.45, 7) is 0.732. The highest BCUT2D eigenvalue weighted by Gasteiger charge is 2.47. The van der Waals surface area contributed by atoms with Gasteiger partial charge < -0.3 is 19.7 Å². The van der Waals surface area contributed by atoms with Crippen LogP contribution in [-0.2, 0) is 25.7 Å². The normalized spacial score (nSPS) is 18.3. The van der Waals surface area contributed by atoms with Gasteiger partial charge in [0, 0.05) is 13.0 Å². The summed E-state index contributed by atoms with van der Waals surface area (Å²) in [5, 5.41) is 2.70. The van der Waals surface area contributed by atoms with E-state index in [1.807, 2.05) is 0 Å². The standard InChI is InChI=1S/C19H23N3O6/c1-27-15-6-5-12(10-13(15)20-16(23)7-8-17(24)28-2)11-22-18(25)14-4-3-9-21(14)19(22)26/h5-6,10,14H,3-4,7-9,11H2,1-2H3,(H,20,23). The zero-order valence-corrected chi connectivity index (χ0v) is 15.9. The number of hydrogen-bond acceptors (Lipinski definition) is 6. The van der Waals surface area contributed by atoms with Crippen molar-refractivity contribution in [3.8, 4) is 5.75 Å². The van der Waals surface area contributed by atoms with E-state index in [0.29, 0.717) is 30.0 Å². The molecule has 2 aliphatic heterocycles. The third-order valence-corrected chi connectivity index (χ3v) is 4.94. The van der Waals surface area contributed by atoms with E-state index in [2.05, 4.69) is 10.1 Å². The number of ether oxygens (including phenoxy) is 2. The molecule has 1 unspecified atom stereocenters. The van der Waals surface area contributed by atoms with Gasteiger partial charge in [-0.3, -0.25) is 19.3 Å². The molecule has 150 valence electrons. The first-order valence-corrected chi connectivity index (χ1v) is 9.10. The van der Waals surface area contributed by atoms with Crippen LogP contribution in [0.4, 0.5) is 10.5 Å². The van der Waals surface area contributed by atoms with Crippen LogP contribution in [0.25, 0.3) is 0 Å². The van der Waals surface area contributed by atoms with E-state index in [4.69, 9.17) is 4.74 Å². The van der Waals surface area contributed by atoms with Crippen LogP contribution < -0.4 is 10.1 Å². The van der Waals surface area contributed by atoms with Crippen LogP contribution in [0, 0.1) is 0 Å². The Balaban J connectivity index is 1.70. The minimum absolute atomic E-state index is 0.0280. The minimum Gasteiger partial charge on any atom is -0.495 e. The number of carbonyl (C=O) groups excluding carboxylic acids is 4. The summed E-state index contributed by atoms with van der Waals surface area (Å²) in [7, 11) is 2.74. The number of amides is 4. The van der Waals surface area contributed by atoms with Crippen molar-refractivity contribution in [1.29, 1.82) is 0 Å². The van der Waals surface area contributed by atoms with Crippen molar-refractivity contribution in [2.24, 2.45) is 0 Å². The predicted octanol–water partition coefficient (Wildman–Crippen LogP) is 1.51. The van der Waals surface area contributed by atoms with E-state index in [0.717, 1.165) is 6.42 Å². The highest BCUT2D eigenvalue weighted by Crippen LogP contribution is 2.30. The molecule has 2 saturated heterocycles. The van der Waals surface area contributed by atoms with Gasteiger partial charge in [-0.1, -0.05) is 6.07 Å². The number of fused-ring (bicyclic) bond motifs is 1. The molecule has 1 aromatic rings. The molecule has 0 radical (unpaired) electrons. The van der Waals surface area contributed by atoms with Crippen molar-refractivity contribution in [2.45, 2.75) is 38.3 Å². The van der Waals surface area contributed by atoms with Crippen molar-refractivity contribution in [3.05, 3.63) is 23.8 Å². The molecular weight excluding hydrogens is 366 g/mol. The molecule has 2 aliphatic rings. The number of rotatable bonds is 7. The molecule has 0 spiro atoms. The van der Waals surface area contributed by atoms with Crippen molar-refractivity contribution >= 4 is 29.5 Å². The summed E-state index contributed by atoms with van der Waals surface area (Å²) < 4.78 is 9.78. The smallest absolute Gasteiger partial charge is 0.327 e. The Morgan fingerprint density at radius 1 is 1.21 bits per heavy atom. The lowest BCUT2D eigenvalue weighted by atomic mass is 10.1. The molecule has 0 saturated carbocycles. The zero-order chi connectivity index (χ0) is 20.3. The molecule has 9 nitrogen and oxygen atoms in total. The van der Waals surface area contributed by atoms with E-state index < -0.39 is 5.97 Å². The van der Waals surface area contributed by atoms with Gasteiger partial charge in [0.05, 0.1) is 32.9 Å². The molecule has 9 heteroatoms. The Hall–Kier alpha value is -3.10. The lowest BCUT2D eigenvalue weighted by molar-refractivity contribution is -0.141. The summed E-state index contributed by atoms with van der Waals surface area (Å²) in [6, 6.07) is 4.46. The fourth-order valence-corrected chi connectivity index (χ4v) is 3.49. The largest absolute Gasteiger partial charge is 0.495 e. The molecule has 0 aromatic heterocycles. The first-order valence-electron chi connectivity index (χ1n) is 9.10. The highest BCUT2D eigenvalue weighted by molar-refractivity contribution is 6.04. The third-order valence-electron chi connectivity index (χ3n) is 4.94. The van der Waals surface area contributed by atoms with Gasteiger partial charge in [0.1, 0.15) is 11.8 Å². The molecule has 2 heterocycles. The number of hydrogen-bond donors (Lipinski definition) is 1. The van der Waals surface area contributed by atoms with Crippen molar-refractivity contribution < 1.29 is 28.7 Å². The molecule has 28 heavy (non-hydrogen) atoms. The molecule has 1 aromatic carbocycles. The van der Waals surface area contributed by atoms with Gasteiger partial charge in [-0.25, -0.2) is 4.79 Å². The molecule has 0 bridgehead atoms. The van der Waals surface area contributed by atoms with Gasteiger partial charge in [-0.05, 0) is 30.5 Å². The van der Waals surface area contributed by atoms with Crippen LogP contribution in [0.5, 0.6) is 5.75 Å². The highest BCUT2D eigenvalue weighted by atomic mass is 16.5. The number of esters is 1. The molecule has 1 atom stereocenters. The number of benzene rings is 1. The molecular formula is C19H23N3O6. The van der Waals surface area contributed by atoms with Gasteiger partial charge in [0.2, 0.25) is 5.91 Å². The molecule has 3 rings (SSSR count). The number of carbonyl (C=O) groups is 4. The van der Waals surface area contributed by atoms with Gasteiger partial charge in [0.15, 0.2) is 0 Å². The van der Waals surface area contributed by atoms with E-state index >= 15 is 0 Å². The lowest BCUT2D eigenvalue weighted by Crippen LogP contribution is -2.32.